The molecule has 2 heterocycles. The summed E-state index contributed by atoms with van der Waals surface area (Å²) in [5, 5.41) is 13.1. The molecule has 2 fully saturated rings. The average molecular weight is 318 g/mol. The van der Waals surface area contributed by atoms with E-state index in [0.29, 0.717) is 16.8 Å². The Hall–Kier alpha value is -0.400. The molecule has 2 unspecified atom stereocenters. The van der Waals surface area contributed by atoms with Gasteiger partial charge in [-0.25, -0.2) is 4.79 Å². The van der Waals surface area contributed by atoms with Crippen molar-refractivity contribution in [3.05, 3.63) is 0 Å². The lowest BCUT2D eigenvalue weighted by atomic mass is 10.2. The van der Waals surface area contributed by atoms with Gasteiger partial charge in [0.15, 0.2) is 0 Å². The number of hydrogen-bond acceptors (Lipinski definition) is 5. The quantitative estimate of drug-likeness (QED) is 0.795. The highest BCUT2D eigenvalue weighted by molar-refractivity contribution is 8.00. The molecule has 2 rings (SSSR count). The van der Waals surface area contributed by atoms with Crippen molar-refractivity contribution in [3.63, 3.8) is 0 Å². The Balaban J connectivity index is 1.89. The maximum Gasteiger partial charge on any atom is 0.327 e. The SMILES string of the molecule is CCC1SCC(C(=O)O)N1C(=O)CSC1CCNCC1. The van der Waals surface area contributed by atoms with Gasteiger partial charge in [0, 0.05) is 11.0 Å². The monoisotopic (exact) mass is 318 g/mol. The Bertz CT molecular complexity index is 362. The van der Waals surface area contributed by atoms with Crippen LogP contribution in [0.5, 0.6) is 0 Å². The minimum atomic E-state index is -0.881. The van der Waals surface area contributed by atoms with E-state index in [0.717, 1.165) is 32.4 Å². The van der Waals surface area contributed by atoms with Crippen molar-refractivity contribution in [2.45, 2.75) is 42.9 Å². The van der Waals surface area contributed by atoms with Crippen molar-refractivity contribution in [1.29, 1.82) is 0 Å². The number of nitrogens with one attached hydrogen (secondary N) is 1. The molecular weight excluding hydrogens is 296 g/mol. The first kappa shape index (κ1) is 16.0. The maximum absolute atomic E-state index is 12.4. The Morgan fingerprint density at radius 1 is 1.40 bits per heavy atom. The third kappa shape index (κ3) is 3.83. The van der Waals surface area contributed by atoms with Crippen LogP contribution in [0.4, 0.5) is 0 Å². The molecule has 0 radical (unpaired) electrons. The minimum absolute atomic E-state index is 0.0159. The van der Waals surface area contributed by atoms with Gasteiger partial charge in [-0.15, -0.1) is 23.5 Å². The lowest BCUT2D eigenvalue weighted by Gasteiger charge is -2.28. The fourth-order valence-corrected chi connectivity index (χ4v) is 5.09. The van der Waals surface area contributed by atoms with Gasteiger partial charge in [0.2, 0.25) is 5.91 Å². The highest BCUT2D eigenvalue weighted by Crippen LogP contribution is 2.32. The van der Waals surface area contributed by atoms with Gasteiger partial charge in [-0.1, -0.05) is 6.92 Å². The van der Waals surface area contributed by atoms with Crippen LogP contribution < -0.4 is 5.32 Å². The van der Waals surface area contributed by atoms with E-state index in [2.05, 4.69) is 5.32 Å². The van der Waals surface area contributed by atoms with E-state index in [4.69, 9.17) is 0 Å². The molecule has 7 heteroatoms. The zero-order valence-corrected chi connectivity index (χ0v) is 13.3. The summed E-state index contributed by atoms with van der Waals surface area (Å²) in [5.74, 6) is 0.0229. The summed E-state index contributed by atoms with van der Waals surface area (Å²) in [6, 6.07) is -0.647. The van der Waals surface area contributed by atoms with Crippen molar-refractivity contribution < 1.29 is 14.7 Å². The molecule has 0 aromatic heterocycles. The number of thioether (sulfide) groups is 2. The zero-order chi connectivity index (χ0) is 14.5. The summed E-state index contributed by atoms with van der Waals surface area (Å²) in [4.78, 5) is 25.2. The number of amides is 1. The third-order valence-electron chi connectivity index (χ3n) is 3.74. The molecule has 114 valence electrons. The summed E-state index contributed by atoms with van der Waals surface area (Å²) >= 11 is 3.27. The largest absolute Gasteiger partial charge is 0.480 e. The number of piperidine rings is 1. The molecule has 0 aromatic rings. The second-order valence-corrected chi connectivity index (χ2v) is 7.61. The Kier molecular flexibility index (Phi) is 6.04. The molecular formula is C13H22N2O3S2. The van der Waals surface area contributed by atoms with Crippen LogP contribution >= 0.6 is 23.5 Å². The van der Waals surface area contributed by atoms with Crippen LogP contribution in [0.1, 0.15) is 26.2 Å². The molecule has 2 saturated heterocycles. The zero-order valence-electron chi connectivity index (χ0n) is 11.7. The smallest absolute Gasteiger partial charge is 0.327 e. The van der Waals surface area contributed by atoms with Crippen molar-refractivity contribution >= 4 is 35.4 Å². The van der Waals surface area contributed by atoms with Gasteiger partial charge in [-0.2, -0.15) is 0 Å². The van der Waals surface area contributed by atoms with E-state index in [1.54, 1.807) is 28.4 Å². The lowest BCUT2D eigenvalue weighted by Crippen LogP contribution is -2.46. The highest BCUT2D eigenvalue weighted by Gasteiger charge is 2.40. The van der Waals surface area contributed by atoms with Crippen molar-refractivity contribution in [2.24, 2.45) is 0 Å². The lowest BCUT2D eigenvalue weighted by molar-refractivity contribution is -0.148. The van der Waals surface area contributed by atoms with Crippen LogP contribution in [0.2, 0.25) is 0 Å². The van der Waals surface area contributed by atoms with Gasteiger partial charge in [0.25, 0.3) is 0 Å². The van der Waals surface area contributed by atoms with Gasteiger partial charge >= 0.3 is 5.97 Å². The fourth-order valence-electron chi connectivity index (χ4n) is 2.63. The third-order valence-corrected chi connectivity index (χ3v) is 6.55. The van der Waals surface area contributed by atoms with E-state index in [1.165, 1.54) is 0 Å². The number of rotatable bonds is 5. The minimum Gasteiger partial charge on any atom is -0.480 e. The number of carboxylic acid groups (broad SMARTS) is 1. The van der Waals surface area contributed by atoms with Gasteiger partial charge in [-0.05, 0) is 32.4 Å². The molecule has 5 nitrogen and oxygen atoms in total. The van der Waals surface area contributed by atoms with Gasteiger partial charge in [0.05, 0.1) is 11.1 Å². The first-order valence-corrected chi connectivity index (χ1v) is 9.21. The van der Waals surface area contributed by atoms with E-state index in [1.807, 2.05) is 6.92 Å². The molecule has 0 saturated carbocycles. The number of carbonyl (C=O) groups excluding carboxylic acids is 1. The maximum atomic E-state index is 12.4. The van der Waals surface area contributed by atoms with Gasteiger partial charge in [-0.3, -0.25) is 4.79 Å². The van der Waals surface area contributed by atoms with Crippen LogP contribution in [-0.2, 0) is 9.59 Å². The Morgan fingerprint density at radius 2 is 2.10 bits per heavy atom. The topological polar surface area (TPSA) is 69.6 Å². The molecule has 20 heavy (non-hydrogen) atoms. The summed E-state index contributed by atoms with van der Waals surface area (Å²) in [5.41, 5.74) is 0. The normalized spacial score (nSPS) is 27.8. The predicted molar refractivity (Wildman–Crippen MR) is 83.2 cm³/mol. The second kappa shape index (κ2) is 7.56. The number of carbonyl (C=O) groups is 2. The fraction of sp³-hybridized carbons (Fsp3) is 0.846. The Morgan fingerprint density at radius 3 is 2.70 bits per heavy atom. The van der Waals surface area contributed by atoms with Crippen LogP contribution in [0.15, 0.2) is 0 Å². The molecule has 2 aliphatic heterocycles. The van der Waals surface area contributed by atoms with Crippen molar-refractivity contribution in [2.75, 3.05) is 24.6 Å². The first-order chi connectivity index (χ1) is 9.63. The highest BCUT2D eigenvalue weighted by atomic mass is 32.2. The second-order valence-electron chi connectivity index (χ2n) is 5.11. The van der Waals surface area contributed by atoms with Gasteiger partial charge in [0.1, 0.15) is 6.04 Å². The standard InChI is InChI=1S/C13H22N2O3S2/c1-2-12-15(10(7-20-12)13(17)18)11(16)8-19-9-3-5-14-6-4-9/h9-10,12,14H,2-8H2,1H3,(H,17,18). The molecule has 2 atom stereocenters. The number of carboxylic acids is 1. The van der Waals surface area contributed by atoms with Crippen molar-refractivity contribution in [1.82, 2.24) is 10.2 Å². The summed E-state index contributed by atoms with van der Waals surface area (Å²) in [7, 11) is 0. The van der Waals surface area contributed by atoms with E-state index in [-0.39, 0.29) is 11.3 Å². The molecule has 0 aromatic carbocycles. The average Bonchev–Trinajstić information content (AvgIpc) is 2.90. The Labute approximate surface area is 128 Å². The summed E-state index contributed by atoms with van der Waals surface area (Å²) in [6.45, 7) is 4.03. The molecule has 0 spiro atoms. The molecule has 0 aliphatic carbocycles. The predicted octanol–water partition coefficient (Wildman–Crippen LogP) is 1.24. The van der Waals surface area contributed by atoms with E-state index >= 15 is 0 Å². The van der Waals surface area contributed by atoms with Gasteiger partial charge < -0.3 is 15.3 Å². The molecule has 1 amide bonds. The molecule has 2 aliphatic rings. The van der Waals surface area contributed by atoms with Crippen LogP contribution in [-0.4, -0.2) is 63.1 Å². The molecule has 2 N–H and O–H groups in total. The summed E-state index contributed by atoms with van der Waals surface area (Å²) in [6.07, 6.45) is 2.98. The van der Waals surface area contributed by atoms with Crippen LogP contribution in [0.3, 0.4) is 0 Å². The van der Waals surface area contributed by atoms with E-state index in [9.17, 15) is 14.7 Å². The number of hydrogen-bond donors (Lipinski definition) is 2. The summed E-state index contributed by atoms with van der Waals surface area (Å²) < 4.78 is 0. The number of aliphatic carboxylic acids is 1. The number of nitrogens with zero attached hydrogens (tertiary/aromatic N) is 1. The van der Waals surface area contributed by atoms with Crippen molar-refractivity contribution in [3.8, 4) is 0 Å². The first-order valence-electron chi connectivity index (χ1n) is 7.11. The van der Waals surface area contributed by atoms with Crippen LogP contribution in [0.25, 0.3) is 0 Å². The van der Waals surface area contributed by atoms with E-state index < -0.39 is 12.0 Å². The molecule has 0 bridgehead atoms. The van der Waals surface area contributed by atoms with Crippen LogP contribution in [0, 0.1) is 0 Å².